The first-order valence-electron chi connectivity index (χ1n) is 13.2. The van der Waals surface area contributed by atoms with Crippen LogP contribution in [0.5, 0.6) is 11.5 Å². The molecule has 3 aromatic carbocycles. The minimum absolute atomic E-state index is 0.111. The number of carbonyl (C=O) groups excluding carboxylic acids is 1. The number of carbonyl (C=O) groups is 1. The predicted octanol–water partition coefficient (Wildman–Crippen LogP) is 6.46. The Balaban J connectivity index is 1.56. The van der Waals surface area contributed by atoms with Crippen LogP contribution in [0.4, 0.5) is 14.5 Å². The van der Waals surface area contributed by atoms with Crippen LogP contribution in [0.25, 0.3) is 22.5 Å². The molecule has 7 nitrogen and oxygen atoms in total. The maximum absolute atomic E-state index is 13.5. The van der Waals surface area contributed by atoms with E-state index in [1.165, 1.54) is 31.4 Å². The smallest absolute Gasteiger partial charge is 0.293 e. The Bertz CT molecular complexity index is 1360. The molecule has 0 fully saturated rings. The molecule has 0 unspecified atom stereocenters. The molecule has 0 aliphatic heterocycles. The van der Waals surface area contributed by atoms with E-state index in [1.807, 2.05) is 0 Å². The average molecular weight is 547 g/mol. The standard InChI is InChI=1S/C31H32F2N4O3/c1-4-37(5-2)17-6-18-40-25-15-16-26(29(19-25)39-3)36-31(38)30-34-27(21-7-11-23(32)12-8-21)20-28(35-30)22-9-13-24(33)14-10-22/h7-16,19-20H,4-6,17-18H2,1-3H3,(H,36,38). The van der Waals surface area contributed by atoms with Gasteiger partial charge in [-0.1, -0.05) is 13.8 Å². The highest BCUT2D eigenvalue weighted by Gasteiger charge is 2.17. The number of methoxy groups -OCH3 is 1. The van der Waals surface area contributed by atoms with Crippen molar-refractivity contribution in [1.82, 2.24) is 14.9 Å². The van der Waals surface area contributed by atoms with E-state index in [-0.39, 0.29) is 5.82 Å². The highest BCUT2D eigenvalue weighted by Crippen LogP contribution is 2.30. The van der Waals surface area contributed by atoms with Crippen molar-refractivity contribution in [1.29, 1.82) is 0 Å². The lowest BCUT2D eigenvalue weighted by atomic mass is 10.1. The van der Waals surface area contributed by atoms with Crippen LogP contribution in [-0.2, 0) is 0 Å². The van der Waals surface area contributed by atoms with Crippen LogP contribution in [0.1, 0.15) is 30.9 Å². The number of anilines is 1. The Morgan fingerprint density at radius 1 is 0.850 bits per heavy atom. The van der Waals surface area contributed by atoms with Gasteiger partial charge in [-0.15, -0.1) is 0 Å². The van der Waals surface area contributed by atoms with Crippen molar-refractivity contribution >= 4 is 11.6 Å². The minimum Gasteiger partial charge on any atom is -0.494 e. The first-order chi connectivity index (χ1) is 19.4. The van der Waals surface area contributed by atoms with Crippen molar-refractivity contribution in [2.45, 2.75) is 20.3 Å². The van der Waals surface area contributed by atoms with Gasteiger partial charge in [-0.3, -0.25) is 4.79 Å². The second-order valence-corrected chi connectivity index (χ2v) is 9.02. The summed E-state index contributed by atoms with van der Waals surface area (Å²) in [6.07, 6.45) is 0.889. The number of hydrogen-bond donors (Lipinski definition) is 1. The van der Waals surface area contributed by atoms with Crippen LogP contribution in [0, 0.1) is 11.6 Å². The molecule has 0 bridgehead atoms. The van der Waals surface area contributed by atoms with Gasteiger partial charge in [0.05, 0.1) is 30.8 Å². The summed E-state index contributed by atoms with van der Waals surface area (Å²) in [5.41, 5.74) is 2.45. The number of hydrogen-bond acceptors (Lipinski definition) is 6. The molecule has 1 amide bonds. The van der Waals surface area contributed by atoms with Crippen molar-refractivity contribution < 1.29 is 23.0 Å². The normalized spacial score (nSPS) is 10.9. The maximum atomic E-state index is 13.5. The molecule has 1 aromatic heterocycles. The molecule has 0 spiro atoms. The van der Waals surface area contributed by atoms with E-state index in [0.29, 0.717) is 46.3 Å². The highest BCUT2D eigenvalue weighted by atomic mass is 19.1. The summed E-state index contributed by atoms with van der Waals surface area (Å²) >= 11 is 0. The van der Waals surface area contributed by atoms with E-state index in [9.17, 15) is 13.6 Å². The fourth-order valence-corrected chi connectivity index (χ4v) is 4.15. The summed E-state index contributed by atoms with van der Waals surface area (Å²) in [5.74, 6) is -0.417. The molecule has 0 aliphatic rings. The van der Waals surface area contributed by atoms with Gasteiger partial charge in [0.2, 0.25) is 5.82 Å². The number of amides is 1. The van der Waals surface area contributed by atoms with E-state index in [0.717, 1.165) is 26.1 Å². The van der Waals surface area contributed by atoms with E-state index >= 15 is 0 Å². The third-order valence-corrected chi connectivity index (χ3v) is 6.41. The van der Waals surface area contributed by atoms with Crippen molar-refractivity contribution in [3.05, 3.63) is 90.3 Å². The zero-order valence-corrected chi connectivity index (χ0v) is 22.8. The second kappa shape index (κ2) is 13.6. The van der Waals surface area contributed by atoms with Gasteiger partial charge in [0.1, 0.15) is 23.1 Å². The summed E-state index contributed by atoms with van der Waals surface area (Å²) in [5, 5.41) is 2.81. The van der Waals surface area contributed by atoms with Gasteiger partial charge in [-0.05, 0) is 86.2 Å². The summed E-state index contributed by atoms with van der Waals surface area (Å²) < 4.78 is 38.4. The minimum atomic E-state index is -0.571. The van der Waals surface area contributed by atoms with Gasteiger partial charge in [0.25, 0.3) is 5.91 Å². The summed E-state index contributed by atoms with van der Waals surface area (Å²) in [7, 11) is 1.51. The van der Waals surface area contributed by atoms with E-state index in [4.69, 9.17) is 9.47 Å². The zero-order valence-electron chi connectivity index (χ0n) is 22.8. The second-order valence-electron chi connectivity index (χ2n) is 9.02. The Morgan fingerprint density at radius 2 is 1.43 bits per heavy atom. The molecule has 1 heterocycles. The molecule has 1 N–H and O–H groups in total. The van der Waals surface area contributed by atoms with Gasteiger partial charge in [-0.2, -0.15) is 0 Å². The van der Waals surface area contributed by atoms with Gasteiger partial charge in [0.15, 0.2) is 0 Å². The molecule has 0 saturated heterocycles. The Hall–Kier alpha value is -4.37. The highest BCUT2D eigenvalue weighted by molar-refractivity contribution is 6.03. The average Bonchev–Trinajstić information content (AvgIpc) is 2.98. The van der Waals surface area contributed by atoms with Crippen LogP contribution in [-0.4, -0.2) is 54.1 Å². The van der Waals surface area contributed by atoms with Crippen LogP contribution >= 0.6 is 0 Å². The monoisotopic (exact) mass is 546 g/mol. The lowest BCUT2D eigenvalue weighted by Crippen LogP contribution is -2.25. The van der Waals surface area contributed by atoms with Gasteiger partial charge < -0.3 is 19.7 Å². The lowest BCUT2D eigenvalue weighted by molar-refractivity contribution is 0.101. The van der Waals surface area contributed by atoms with Crippen LogP contribution in [0.15, 0.2) is 72.8 Å². The summed E-state index contributed by atoms with van der Waals surface area (Å²) in [6.45, 7) is 7.78. The number of halogens is 2. The topological polar surface area (TPSA) is 76.6 Å². The van der Waals surface area contributed by atoms with E-state index in [1.54, 1.807) is 48.5 Å². The number of ether oxygens (including phenoxy) is 2. The first-order valence-corrected chi connectivity index (χ1v) is 13.2. The number of nitrogens with one attached hydrogen (secondary N) is 1. The molecule has 0 aliphatic carbocycles. The number of nitrogens with zero attached hydrogens (tertiary/aromatic N) is 3. The zero-order chi connectivity index (χ0) is 28.5. The molecular weight excluding hydrogens is 514 g/mol. The number of benzene rings is 3. The van der Waals surface area contributed by atoms with Crippen molar-refractivity contribution in [2.75, 3.05) is 38.7 Å². The largest absolute Gasteiger partial charge is 0.494 e. The lowest BCUT2D eigenvalue weighted by Gasteiger charge is -2.18. The summed E-state index contributed by atoms with van der Waals surface area (Å²) in [6, 6.07) is 18.4. The van der Waals surface area contributed by atoms with Crippen molar-refractivity contribution in [2.24, 2.45) is 0 Å². The Morgan fingerprint density at radius 3 is 1.95 bits per heavy atom. The van der Waals surface area contributed by atoms with Crippen molar-refractivity contribution in [3.63, 3.8) is 0 Å². The molecule has 4 aromatic rings. The number of rotatable bonds is 12. The number of aromatic nitrogens is 2. The van der Waals surface area contributed by atoms with Gasteiger partial charge in [0, 0.05) is 23.7 Å². The van der Waals surface area contributed by atoms with Gasteiger partial charge >= 0.3 is 0 Å². The molecule has 208 valence electrons. The molecule has 9 heteroatoms. The fraction of sp³-hybridized carbons (Fsp3) is 0.258. The SMILES string of the molecule is CCN(CC)CCCOc1ccc(NC(=O)c2nc(-c3ccc(F)cc3)cc(-c3ccc(F)cc3)n2)c(OC)c1. The maximum Gasteiger partial charge on any atom is 0.293 e. The molecular formula is C31H32F2N4O3. The van der Waals surface area contributed by atoms with Crippen LogP contribution in [0.3, 0.4) is 0 Å². The van der Waals surface area contributed by atoms with E-state index < -0.39 is 17.5 Å². The van der Waals surface area contributed by atoms with Crippen LogP contribution in [0.2, 0.25) is 0 Å². The van der Waals surface area contributed by atoms with Crippen LogP contribution < -0.4 is 14.8 Å². The van der Waals surface area contributed by atoms with Gasteiger partial charge in [-0.25, -0.2) is 18.7 Å². The Kier molecular flexibility index (Phi) is 9.75. The molecule has 4 rings (SSSR count). The molecule has 0 radical (unpaired) electrons. The third kappa shape index (κ3) is 7.39. The third-order valence-electron chi connectivity index (χ3n) is 6.41. The molecule has 40 heavy (non-hydrogen) atoms. The quantitative estimate of drug-likeness (QED) is 0.206. The van der Waals surface area contributed by atoms with E-state index in [2.05, 4.69) is 34.0 Å². The van der Waals surface area contributed by atoms with Crippen molar-refractivity contribution in [3.8, 4) is 34.0 Å². The fourth-order valence-electron chi connectivity index (χ4n) is 4.15. The summed E-state index contributed by atoms with van der Waals surface area (Å²) in [4.78, 5) is 24.5. The predicted molar refractivity (Wildman–Crippen MR) is 152 cm³/mol. The Labute approximate surface area is 232 Å². The molecule has 0 atom stereocenters. The first kappa shape index (κ1) is 28.6. The molecule has 0 saturated carbocycles.